The van der Waals surface area contributed by atoms with Gasteiger partial charge in [0.25, 0.3) is 10.0 Å². The van der Waals surface area contributed by atoms with E-state index in [4.69, 9.17) is 0 Å². The van der Waals surface area contributed by atoms with Crippen molar-refractivity contribution in [2.45, 2.75) is 31.1 Å². The van der Waals surface area contributed by atoms with Gasteiger partial charge in [0.05, 0.1) is 4.90 Å². The van der Waals surface area contributed by atoms with E-state index in [-0.39, 0.29) is 16.0 Å². The summed E-state index contributed by atoms with van der Waals surface area (Å²) in [6.07, 6.45) is 1.96. The molecule has 0 heterocycles. The average molecular weight is 398 g/mol. The van der Waals surface area contributed by atoms with Crippen LogP contribution in [0.4, 0.5) is 4.48 Å². The van der Waals surface area contributed by atoms with Crippen molar-refractivity contribution in [3.63, 3.8) is 0 Å². The molecule has 0 aliphatic heterocycles. The molecule has 0 unspecified atom stereocenters. The highest BCUT2D eigenvalue weighted by Crippen LogP contribution is 2.21. The number of unbranched alkanes of at least 4 members (excludes halogenated alkanes) is 1. The second-order valence-corrected chi connectivity index (χ2v) is 8.67. The summed E-state index contributed by atoms with van der Waals surface area (Å²) < 4.78 is 38.6. The Hall–Kier alpha value is -2.50. The van der Waals surface area contributed by atoms with E-state index in [1.54, 1.807) is 12.1 Å². The maximum absolute atomic E-state index is 14.2. The van der Waals surface area contributed by atoms with Gasteiger partial charge >= 0.3 is 0 Å². The standard InChI is InChI=1S/C23H24FNO2S/c1-19-10-16-23(17-11-19)28(26,27)25(24)18-6-5-7-20-12-14-22(15-13-20)21-8-3-2-4-9-21/h2-4,8-17H,5-7,18H2,1H3. The van der Waals surface area contributed by atoms with E-state index in [0.717, 1.165) is 23.1 Å². The molecule has 0 atom stereocenters. The quantitative estimate of drug-likeness (QED) is 0.369. The Kier molecular flexibility index (Phi) is 6.60. The number of aryl methyl sites for hydroxylation is 2. The number of hydrogen-bond donors (Lipinski definition) is 0. The van der Waals surface area contributed by atoms with Crippen LogP contribution in [0.15, 0.2) is 83.8 Å². The molecular weight excluding hydrogens is 373 g/mol. The maximum Gasteiger partial charge on any atom is 0.269 e. The van der Waals surface area contributed by atoms with Gasteiger partial charge in [0.2, 0.25) is 0 Å². The van der Waals surface area contributed by atoms with Gasteiger partial charge in [-0.3, -0.25) is 0 Å². The molecule has 5 heteroatoms. The first kappa shape index (κ1) is 20.2. The van der Waals surface area contributed by atoms with Crippen LogP contribution in [0.25, 0.3) is 11.1 Å². The normalized spacial score (nSPS) is 11.7. The van der Waals surface area contributed by atoms with E-state index in [1.807, 2.05) is 25.1 Å². The SMILES string of the molecule is Cc1ccc(S(=O)(=O)N(F)CCCCc2ccc(-c3ccccc3)cc2)cc1. The van der Waals surface area contributed by atoms with Crippen molar-refractivity contribution in [3.8, 4) is 11.1 Å². The van der Waals surface area contributed by atoms with Crippen LogP contribution >= 0.6 is 0 Å². The second-order valence-electron chi connectivity index (χ2n) is 6.85. The summed E-state index contributed by atoms with van der Waals surface area (Å²) in [7, 11) is -4.07. The molecule has 28 heavy (non-hydrogen) atoms. The summed E-state index contributed by atoms with van der Waals surface area (Å²) >= 11 is 0. The van der Waals surface area contributed by atoms with E-state index < -0.39 is 10.0 Å². The van der Waals surface area contributed by atoms with Crippen LogP contribution < -0.4 is 0 Å². The van der Waals surface area contributed by atoms with Crippen molar-refractivity contribution >= 4 is 10.0 Å². The van der Waals surface area contributed by atoms with E-state index in [2.05, 4.69) is 36.4 Å². The van der Waals surface area contributed by atoms with Crippen molar-refractivity contribution in [3.05, 3.63) is 90.0 Å². The smallest absolute Gasteiger partial charge is 0.205 e. The van der Waals surface area contributed by atoms with Crippen LogP contribution in [-0.4, -0.2) is 19.5 Å². The molecule has 3 aromatic carbocycles. The Bertz CT molecular complexity index is 985. The third kappa shape index (κ3) is 5.06. The van der Waals surface area contributed by atoms with Crippen molar-refractivity contribution in [1.82, 2.24) is 4.53 Å². The number of benzene rings is 3. The molecule has 0 saturated carbocycles. The van der Waals surface area contributed by atoms with Gasteiger partial charge in [-0.25, -0.2) is 8.42 Å². The fourth-order valence-corrected chi connectivity index (χ4v) is 4.08. The van der Waals surface area contributed by atoms with E-state index in [1.165, 1.54) is 17.7 Å². The number of rotatable bonds is 8. The minimum Gasteiger partial charge on any atom is -0.205 e. The summed E-state index contributed by atoms with van der Waals surface area (Å²) in [5.74, 6) is 0. The Morgan fingerprint density at radius 2 is 1.39 bits per heavy atom. The highest BCUT2D eigenvalue weighted by molar-refractivity contribution is 7.89. The average Bonchev–Trinajstić information content (AvgIpc) is 2.72. The van der Waals surface area contributed by atoms with Gasteiger partial charge in [-0.05, 0) is 59.5 Å². The van der Waals surface area contributed by atoms with Crippen LogP contribution in [0, 0.1) is 6.92 Å². The zero-order chi connectivity index (χ0) is 20.0. The Morgan fingerprint density at radius 1 is 0.786 bits per heavy atom. The van der Waals surface area contributed by atoms with Gasteiger partial charge in [0.15, 0.2) is 0 Å². The fourth-order valence-electron chi connectivity index (χ4n) is 3.00. The van der Waals surface area contributed by atoms with Crippen molar-refractivity contribution in [1.29, 1.82) is 0 Å². The van der Waals surface area contributed by atoms with Crippen LogP contribution in [-0.2, 0) is 16.4 Å². The van der Waals surface area contributed by atoms with Crippen molar-refractivity contribution < 1.29 is 12.9 Å². The maximum atomic E-state index is 14.2. The summed E-state index contributed by atoms with van der Waals surface area (Å²) in [6.45, 7) is 1.72. The number of halogens is 1. The van der Waals surface area contributed by atoms with Gasteiger partial charge in [-0.2, -0.15) is 0 Å². The highest BCUT2D eigenvalue weighted by atomic mass is 32.2. The van der Waals surface area contributed by atoms with Crippen molar-refractivity contribution in [2.24, 2.45) is 0 Å². The van der Waals surface area contributed by atoms with Gasteiger partial charge < -0.3 is 0 Å². The van der Waals surface area contributed by atoms with E-state index in [0.29, 0.717) is 12.8 Å². The first-order valence-electron chi connectivity index (χ1n) is 9.36. The van der Waals surface area contributed by atoms with Crippen LogP contribution in [0.2, 0.25) is 0 Å². The molecule has 0 spiro atoms. The third-order valence-corrected chi connectivity index (χ3v) is 6.26. The summed E-state index contributed by atoms with van der Waals surface area (Å²) in [4.78, 5) is -0.0166. The zero-order valence-corrected chi connectivity index (χ0v) is 16.7. The molecular formula is C23H24FNO2S. The predicted octanol–water partition coefficient (Wildman–Crippen LogP) is 5.56. The van der Waals surface area contributed by atoms with Gasteiger partial charge in [-0.1, -0.05) is 72.3 Å². The summed E-state index contributed by atoms with van der Waals surface area (Å²) in [5.41, 5.74) is 4.42. The fraction of sp³-hybridized carbons (Fsp3) is 0.217. The van der Waals surface area contributed by atoms with Gasteiger partial charge in [-0.15, -0.1) is 4.48 Å². The molecule has 3 rings (SSSR count). The monoisotopic (exact) mass is 397 g/mol. The molecule has 0 aromatic heterocycles. The molecule has 0 amide bonds. The lowest BCUT2D eigenvalue weighted by Crippen LogP contribution is -2.24. The number of nitrogens with zero attached hydrogens (tertiary/aromatic N) is 1. The molecule has 146 valence electrons. The molecule has 0 N–H and O–H groups in total. The first-order valence-corrected chi connectivity index (χ1v) is 10.8. The Balaban J connectivity index is 1.49. The highest BCUT2D eigenvalue weighted by Gasteiger charge is 2.23. The number of hydrogen-bond acceptors (Lipinski definition) is 2. The molecule has 0 aliphatic rings. The molecule has 3 nitrogen and oxygen atoms in total. The molecule has 0 aliphatic carbocycles. The zero-order valence-electron chi connectivity index (χ0n) is 15.9. The lowest BCUT2D eigenvalue weighted by molar-refractivity contribution is 0.136. The molecule has 0 radical (unpaired) electrons. The summed E-state index contributed by atoms with van der Waals surface area (Å²) in [6, 6.07) is 24.6. The minimum atomic E-state index is -4.07. The first-order chi connectivity index (χ1) is 13.5. The molecule has 0 saturated heterocycles. The lowest BCUT2D eigenvalue weighted by atomic mass is 10.0. The molecule has 3 aromatic rings. The van der Waals surface area contributed by atoms with Crippen LogP contribution in [0.5, 0.6) is 0 Å². The Morgan fingerprint density at radius 3 is 2.04 bits per heavy atom. The van der Waals surface area contributed by atoms with Crippen LogP contribution in [0.3, 0.4) is 0 Å². The third-order valence-electron chi connectivity index (χ3n) is 4.69. The largest absolute Gasteiger partial charge is 0.269 e. The molecule has 0 bridgehead atoms. The van der Waals surface area contributed by atoms with Crippen molar-refractivity contribution in [2.75, 3.05) is 6.54 Å². The van der Waals surface area contributed by atoms with Gasteiger partial charge in [0.1, 0.15) is 0 Å². The minimum absolute atomic E-state index is 0.0166. The van der Waals surface area contributed by atoms with Crippen LogP contribution in [0.1, 0.15) is 24.0 Å². The second kappa shape index (κ2) is 9.13. The van der Waals surface area contributed by atoms with Gasteiger partial charge in [0, 0.05) is 6.54 Å². The number of sulfonamides is 1. The summed E-state index contributed by atoms with van der Waals surface area (Å²) in [5, 5.41) is 0. The lowest BCUT2D eigenvalue weighted by Gasteiger charge is -2.13. The topological polar surface area (TPSA) is 37.4 Å². The molecule has 0 fully saturated rings. The van der Waals surface area contributed by atoms with E-state index >= 15 is 0 Å². The Labute approximate surface area is 166 Å². The predicted molar refractivity (Wildman–Crippen MR) is 111 cm³/mol. The van der Waals surface area contributed by atoms with E-state index in [9.17, 15) is 12.9 Å².